The summed E-state index contributed by atoms with van der Waals surface area (Å²) < 4.78 is 5.07. The van der Waals surface area contributed by atoms with Crippen LogP contribution in [0.2, 0.25) is 0 Å². The Morgan fingerprint density at radius 1 is 1.42 bits per heavy atom. The highest BCUT2D eigenvalue weighted by atomic mass is 16.5. The minimum Gasteiger partial charge on any atom is -0.497 e. The topological polar surface area (TPSA) is 66.8 Å². The Balaban J connectivity index is 2.08. The molecule has 1 heterocycles. The SMILES string of the molecule is COc1ccc(CN2CC[C@@](C)(C(=O)O)C2=O)cc1. The lowest BCUT2D eigenvalue weighted by Crippen LogP contribution is -2.37. The van der Waals surface area contributed by atoms with E-state index in [1.807, 2.05) is 24.3 Å². The van der Waals surface area contributed by atoms with E-state index in [2.05, 4.69) is 0 Å². The van der Waals surface area contributed by atoms with Gasteiger partial charge in [-0.2, -0.15) is 0 Å². The van der Waals surface area contributed by atoms with Crippen molar-refractivity contribution in [2.75, 3.05) is 13.7 Å². The predicted octanol–water partition coefficient (Wildman–Crippen LogP) is 1.52. The highest BCUT2D eigenvalue weighted by molar-refractivity contribution is 6.02. The monoisotopic (exact) mass is 263 g/mol. The minimum absolute atomic E-state index is 0.309. The summed E-state index contributed by atoms with van der Waals surface area (Å²) in [5.41, 5.74) is -0.310. The maximum Gasteiger partial charge on any atom is 0.318 e. The zero-order valence-electron chi connectivity index (χ0n) is 11.0. The van der Waals surface area contributed by atoms with Gasteiger partial charge in [0, 0.05) is 13.1 Å². The van der Waals surface area contributed by atoms with E-state index in [-0.39, 0.29) is 5.91 Å². The number of likely N-dealkylation sites (tertiary alicyclic amines) is 1. The minimum atomic E-state index is -1.27. The van der Waals surface area contributed by atoms with Gasteiger partial charge in [0.1, 0.15) is 11.2 Å². The number of carboxylic acids is 1. The molecule has 1 fully saturated rings. The molecule has 0 aromatic heterocycles. The van der Waals surface area contributed by atoms with Crippen molar-refractivity contribution in [2.24, 2.45) is 5.41 Å². The fourth-order valence-corrected chi connectivity index (χ4v) is 2.22. The highest BCUT2D eigenvalue weighted by Crippen LogP contribution is 2.32. The molecule has 5 nitrogen and oxygen atoms in total. The third-order valence-electron chi connectivity index (χ3n) is 3.65. The van der Waals surface area contributed by atoms with Gasteiger partial charge in [0.15, 0.2) is 0 Å². The molecule has 1 aliphatic rings. The van der Waals surface area contributed by atoms with Crippen molar-refractivity contribution >= 4 is 11.9 Å². The number of ether oxygens (including phenoxy) is 1. The maximum atomic E-state index is 12.1. The summed E-state index contributed by atoms with van der Waals surface area (Å²) >= 11 is 0. The van der Waals surface area contributed by atoms with Gasteiger partial charge in [-0.1, -0.05) is 12.1 Å². The van der Waals surface area contributed by atoms with E-state index in [9.17, 15) is 9.59 Å². The van der Waals surface area contributed by atoms with Gasteiger partial charge in [-0.25, -0.2) is 0 Å². The second-order valence-electron chi connectivity index (χ2n) is 4.96. The number of carbonyl (C=O) groups is 2. The molecule has 0 spiro atoms. The number of carbonyl (C=O) groups excluding carboxylic acids is 1. The standard InChI is InChI=1S/C14H17NO4/c1-14(13(17)18)7-8-15(12(14)16)9-10-3-5-11(19-2)6-4-10/h3-6H,7-9H2,1-2H3,(H,17,18)/t14-/m1/s1. The second-order valence-corrected chi connectivity index (χ2v) is 4.96. The zero-order valence-corrected chi connectivity index (χ0v) is 11.0. The Labute approximate surface area is 111 Å². The second kappa shape index (κ2) is 4.91. The lowest BCUT2D eigenvalue weighted by atomic mass is 9.89. The molecule has 0 radical (unpaired) electrons. The average Bonchev–Trinajstić information content (AvgIpc) is 2.69. The van der Waals surface area contributed by atoms with E-state index in [1.54, 1.807) is 12.0 Å². The van der Waals surface area contributed by atoms with E-state index < -0.39 is 11.4 Å². The van der Waals surface area contributed by atoms with Crippen LogP contribution in [0.5, 0.6) is 5.75 Å². The smallest absolute Gasteiger partial charge is 0.318 e. The largest absolute Gasteiger partial charge is 0.497 e. The first-order valence-corrected chi connectivity index (χ1v) is 6.13. The van der Waals surface area contributed by atoms with Gasteiger partial charge in [-0.15, -0.1) is 0 Å². The molecule has 0 bridgehead atoms. The number of rotatable bonds is 4. The van der Waals surface area contributed by atoms with Crippen LogP contribution in [0.1, 0.15) is 18.9 Å². The lowest BCUT2D eigenvalue weighted by Gasteiger charge is -2.19. The molecule has 0 aliphatic carbocycles. The van der Waals surface area contributed by atoms with Gasteiger partial charge in [0.25, 0.3) is 0 Å². The van der Waals surface area contributed by atoms with Crippen LogP contribution in [0, 0.1) is 5.41 Å². The number of benzene rings is 1. The number of hydrogen-bond donors (Lipinski definition) is 1. The fraction of sp³-hybridized carbons (Fsp3) is 0.429. The third kappa shape index (κ3) is 2.41. The predicted molar refractivity (Wildman–Crippen MR) is 68.8 cm³/mol. The van der Waals surface area contributed by atoms with Gasteiger partial charge in [0.05, 0.1) is 7.11 Å². The number of methoxy groups -OCH3 is 1. The van der Waals surface area contributed by atoms with Crippen molar-refractivity contribution in [3.63, 3.8) is 0 Å². The number of amides is 1. The Morgan fingerprint density at radius 3 is 2.53 bits per heavy atom. The quantitative estimate of drug-likeness (QED) is 0.836. The Bertz CT molecular complexity index is 497. The molecule has 0 unspecified atom stereocenters. The van der Waals surface area contributed by atoms with Crippen molar-refractivity contribution in [1.82, 2.24) is 4.90 Å². The molecule has 1 atom stereocenters. The Morgan fingerprint density at radius 2 is 2.05 bits per heavy atom. The summed E-state index contributed by atoms with van der Waals surface area (Å²) in [7, 11) is 1.59. The molecule has 19 heavy (non-hydrogen) atoms. The van der Waals surface area contributed by atoms with Gasteiger partial charge in [0.2, 0.25) is 5.91 Å². The maximum absolute atomic E-state index is 12.1. The highest BCUT2D eigenvalue weighted by Gasteiger charge is 2.48. The van der Waals surface area contributed by atoms with Crippen LogP contribution in [0.15, 0.2) is 24.3 Å². The number of nitrogens with zero attached hydrogens (tertiary/aromatic N) is 1. The number of aliphatic carboxylic acids is 1. The molecule has 0 saturated carbocycles. The summed E-state index contributed by atoms with van der Waals surface area (Å²) in [5.74, 6) is -0.600. The first-order chi connectivity index (χ1) is 8.97. The molecule has 102 valence electrons. The van der Waals surface area contributed by atoms with Crippen LogP contribution in [0.3, 0.4) is 0 Å². The van der Waals surface area contributed by atoms with Crippen molar-refractivity contribution < 1.29 is 19.4 Å². The van der Waals surface area contributed by atoms with E-state index in [0.717, 1.165) is 11.3 Å². The van der Waals surface area contributed by atoms with E-state index in [4.69, 9.17) is 9.84 Å². The molecule has 1 saturated heterocycles. The molecular weight excluding hydrogens is 246 g/mol. The van der Waals surface area contributed by atoms with Gasteiger partial charge in [-0.3, -0.25) is 9.59 Å². The molecule has 1 amide bonds. The zero-order chi connectivity index (χ0) is 14.0. The van der Waals surface area contributed by atoms with Crippen LogP contribution in [0.25, 0.3) is 0 Å². The van der Waals surface area contributed by atoms with Gasteiger partial charge in [-0.05, 0) is 31.0 Å². The summed E-state index contributed by atoms with van der Waals surface area (Å²) in [4.78, 5) is 24.9. The molecule has 1 N–H and O–H groups in total. The van der Waals surface area contributed by atoms with E-state index in [0.29, 0.717) is 19.5 Å². The van der Waals surface area contributed by atoms with E-state index >= 15 is 0 Å². The van der Waals surface area contributed by atoms with Crippen LogP contribution < -0.4 is 4.74 Å². The average molecular weight is 263 g/mol. The first kappa shape index (κ1) is 13.4. The number of carboxylic acid groups (broad SMARTS) is 1. The number of hydrogen-bond acceptors (Lipinski definition) is 3. The molecule has 1 aliphatic heterocycles. The molecular formula is C14H17NO4. The Hall–Kier alpha value is -2.04. The van der Waals surface area contributed by atoms with Crippen molar-refractivity contribution in [3.8, 4) is 5.75 Å². The third-order valence-corrected chi connectivity index (χ3v) is 3.65. The summed E-state index contributed by atoms with van der Waals surface area (Å²) in [6, 6.07) is 7.41. The van der Waals surface area contributed by atoms with E-state index in [1.165, 1.54) is 6.92 Å². The van der Waals surface area contributed by atoms with Gasteiger partial charge < -0.3 is 14.7 Å². The summed E-state index contributed by atoms with van der Waals surface area (Å²) in [5, 5.41) is 9.13. The summed E-state index contributed by atoms with van der Waals surface area (Å²) in [6.45, 7) is 2.41. The normalized spacial score (nSPS) is 22.6. The van der Waals surface area contributed by atoms with Crippen molar-refractivity contribution in [1.29, 1.82) is 0 Å². The fourth-order valence-electron chi connectivity index (χ4n) is 2.22. The van der Waals surface area contributed by atoms with Crippen LogP contribution >= 0.6 is 0 Å². The lowest BCUT2D eigenvalue weighted by molar-refractivity contribution is -0.155. The van der Waals surface area contributed by atoms with Crippen molar-refractivity contribution in [3.05, 3.63) is 29.8 Å². The molecule has 1 aromatic carbocycles. The van der Waals surface area contributed by atoms with Crippen LogP contribution in [-0.2, 0) is 16.1 Å². The van der Waals surface area contributed by atoms with Crippen molar-refractivity contribution in [2.45, 2.75) is 19.9 Å². The molecule has 1 aromatic rings. The van der Waals surface area contributed by atoms with Gasteiger partial charge >= 0.3 is 5.97 Å². The van der Waals surface area contributed by atoms with Crippen LogP contribution in [-0.4, -0.2) is 35.5 Å². The first-order valence-electron chi connectivity index (χ1n) is 6.13. The van der Waals surface area contributed by atoms with Crippen LogP contribution in [0.4, 0.5) is 0 Å². The Kier molecular flexibility index (Phi) is 3.46. The molecule has 2 rings (SSSR count). The summed E-state index contributed by atoms with van der Waals surface area (Å²) in [6.07, 6.45) is 0.358. The molecule has 5 heteroatoms.